The molecule has 0 aromatic heterocycles. The Morgan fingerprint density at radius 2 is 1.58 bits per heavy atom. The lowest BCUT2D eigenvalue weighted by Gasteiger charge is -2.16. The van der Waals surface area contributed by atoms with Crippen LogP contribution >= 0.6 is 23.2 Å². The number of carbonyl (C=O) groups is 4. The number of anilines is 3. The van der Waals surface area contributed by atoms with Crippen molar-refractivity contribution in [3.63, 3.8) is 0 Å². The molecule has 8 nitrogen and oxygen atoms in total. The van der Waals surface area contributed by atoms with Gasteiger partial charge in [-0.1, -0.05) is 35.3 Å². The largest absolute Gasteiger partial charge is 0.465 e. The summed E-state index contributed by atoms with van der Waals surface area (Å²) in [5.41, 5.74) is 2.46. The van der Waals surface area contributed by atoms with E-state index in [0.717, 1.165) is 10.5 Å². The summed E-state index contributed by atoms with van der Waals surface area (Å²) >= 11 is 12.4. The molecule has 3 aromatic rings. The van der Waals surface area contributed by atoms with Crippen molar-refractivity contribution in [2.24, 2.45) is 0 Å². The van der Waals surface area contributed by atoms with Crippen molar-refractivity contribution in [1.29, 1.82) is 0 Å². The molecule has 0 saturated carbocycles. The number of amides is 3. The standard InChI is InChI=1S/C26H19Cl2N3O5/c1-14-6-11-19(13-20(14)27)31-24(33)21(28)22(25(31)34)29-18-5-3-4-16(12-18)23(32)30-17-9-7-15(8-10-17)26(35)36-2/h3-13,29H,1-2H3,(H,30,32). The summed E-state index contributed by atoms with van der Waals surface area (Å²) in [5, 5.41) is 5.71. The predicted molar refractivity (Wildman–Crippen MR) is 137 cm³/mol. The van der Waals surface area contributed by atoms with Crippen molar-refractivity contribution < 1.29 is 23.9 Å². The quantitative estimate of drug-likeness (QED) is 0.343. The van der Waals surface area contributed by atoms with Crippen molar-refractivity contribution in [2.75, 3.05) is 22.6 Å². The van der Waals surface area contributed by atoms with E-state index < -0.39 is 23.7 Å². The molecule has 182 valence electrons. The molecule has 1 heterocycles. The number of hydrogen-bond acceptors (Lipinski definition) is 6. The summed E-state index contributed by atoms with van der Waals surface area (Å²) < 4.78 is 4.66. The maximum absolute atomic E-state index is 13.0. The maximum atomic E-state index is 13.0. The van der Waals surface area contributed by atoms with Crippen LogP contribution in [-0.2, 0) is 14.3 Å². The van der Waals surface area contributed by atoms with Gasteiger partial charge in [0.15, 0.2) is 0 Å². The van der Waals surface area contributed by atoms with Gasteiger partial charge in [-0.2, -0.15) is 0 Å². The second kappa shape index (κ2) is 10.2. The Balaban J connectivity index is 1.50. The van der Waals surface area contributed by atoms with Crippen LogP contribution in [0.25, 0.3) is 0 Å². The fourth-order valence-electron chi connectivity index (χ4n) is 3.46. The molecule has 0 saturated heterocycles. The highest BCUT2D eigenvalue weighted by molar-refractivity contribution is 6.53. The van der Waals surface area contributed by atoms with Crippen LogP contribution < -0.4 is 15.5 Å². The highest BCUT2D eigenvalue weighted by Gasteiger charge is 2.39. The van der Waals surface area contributed by atoms with E-state index in [1.54, 1.807) is 49.4 Å². The van der Waals surface area contributed by atoms with Crippen LogP contribution in [0.2, 0.25) is 5.02 Å². The molecule has 3 amide bonds. The van der Waals surface area contributed by atoms with E-state index in [0.29, 0.717) is 27.6 Å². The Hall–Kier alpha value is -4.14. The molecule has 0 bridgehead atoms. The van der Waals surface area contributed by atoms with Gasteiger partial charge in [0.1, 0.15) is 10.7 Å². The molecule has 0 aliphatic carbocycles. The van der Waals surface area contributed by atoms with Gasteiger partial charge in [-0.15, -0.1) is 0 Å². The number of carbonyl (C=O) groups excluding carboxylic acids is 4. The molecule has 3 aromatic carbocycles. The van der Waals surface area contributed by atoms with E-state index in [2.05, 4.69) is 15.4 Å². The Kier molecular flexibility index (Phi) is 7.10. The number of esters is 1. The van der Waals surface area contributed by atoms with Gasteiger partial charge in [0.25, 0.3) is 17.7 Å². The first-order valence-electron chi connectivity index (χ1n) is 10.6. The smallest absolute Gasteiger partial charge is 0.337 e. The summed E-state index contributed by atoms with van der Waals surface area (Å²) in [5.74, 6) is -2.24. The van der Waals surface area contributed by atoms with Crippen molar-refractivity contribution >= 4 is 64.0 Å². The van der Waals surface area contributed by atoms with Gasteiger partial charge < -0.3 is 15.4 Å². The summed E-state index contributed by atoms with van der Waals surface area (Å²) in [6, 6.07) is 17.4. The van der Waals surface area contributed by atoms with E-state index in [1.807, 2.05) is 0 Å². The zero-order valence-corrected chi connectivity index (χ0v) is 20.6. The average Bonchev–Trinajstić information content (AvgIpc) is 3.09. The number of nitrogens with zero attached hydrogens (tertiary/aromatic N) is 1. The molecule has 4 rings (SSSR count). The third kappa shape index (κ3) is 4.95. The van der Waals surface area contributed by atoms with Crippen LogP contribution in [0.3, 0.4) is 0 Å². The van der Waals surface area contributed by atoms with E-state index in [-0.39, 0.29) is 16.3 Å². The van der Waals surface area contributed by atoms with Gasteiger partial charge in [0.05, 0.1) is 18.4 Å². The fraction of sp³-hybridized carbons (Fsp3) is 0.0769. The van der Waals surface area contributed by atoms with Crippen LogP contribution in [0.1, 0.15) is 26.3 Å². The number of methoxy groups -OCH3 is 1. The molecule has 0 spiro atoms. The van der Waals surface area contributed by atoms with Gasteiger partial charge in [-0.05, 0) is 67.1 Å². The van der Waals surface area contributed by atoms with Crippen LogP contribution in [0, 0.1) is 6.92 Å². The summed E-state index contributed by atoms with van der Waals surface area (Å²) in [7, 11) is 1.28. The Bertz CT molecular complexity index is 1430. The van der Waals surface area contributed by atoms with Crippen molar-refractivity contribution in [3.8, 4) is 0 Å². The topological polar surface area (TPSA) is 105 Å². The van der Waals surface area contributed by atoms with Crippen LogP contribution in [0.5, 0.6) is 0 Å². The molecule has 36 heavy (non-hydrogen) atoms. The van der Waals surface area contributed by atoms with Gasteiger partial charge in [0.2, 0.25) is 0 Å². The highest BCUT2D eigenvalue weighted by atomic mass is 35.5. The highest BCUT2D eigenvalue weighted by Crippen LogP contribution is 2.32. The lowest BCUT2D eigenvalue weighted by atomic mass is 10.1. The van der Waals surface area contributed by atoms with E-state index in [4.69, 9.17) is 23.2 Å². The normalized spacial score (nSPS) is 13.2. The van der Waals surface area contributed by atoms with Crippen molar-refractivity contribution in [3.05, 3.63) is 99.2 Å². The number of benzene rings is 3. The molecule has 0 unspecified atom stereocenters. The lowest BCUT2D eigenvalue weighted by molar-refractivity contribution is -0.120. The molecular formula is C26H19Cl2N3O5. The first-order chi connectivity index (χ1) is 17.2. The zero-order valence-electron chi connectivity index (χ0n) is 19.1. The molecule has 0 radical (unpaired) electrons. The lowest BCUT2D eigenvalue weighted by Crippen LogP contribution is -2.32. The van der Waals surface area contributed by atoms with Gasteiger partial charge >= 0.3 is 5.97 Å². The van der Waals surface area contributed by atoms with Gasteiger partial charge in [0, 0.05) is 22.0 Å². The molecule has 1 aliphatic rings. The first-order valence-corrected chi connectivity index (χ1v) is 11.4. The predicted octanol–water partition coefficient (Wildman–Crippen LogP) is 5.12. The van der Waals surface area contributed by atoms with E-state index in [1.165, 1.54) is 31.4 Å². The zero-order chi connectivity index (χ0) is 26.0. The number of halogens is 2. The SMILES string of the molecule is COC(=O)c1ccc(NC(=O)c2cccc(NC3=C(Cl)C(=O)N(c4ccc(C)c(Cl)c4)C3=O)c2)cc1. The van der Waals surface area contributed by atoms with Gasteiger partial charge in [-0.25, -0.2) is 9.69 Å². The average molecular weight is 524 g/mol. The minimum atomic E-state index is -0.687. The molecular weight excluding hydrogens is 505 g/mol. The van der Waals surface area contributed by atoms with E-state index in [9.17, 15) is 19.2 Å². The van der Waals surface area contributed by atoms with E-state index >= 15 is 0 Å². The monoisotopic (exact) mass is 523 g/mol. The van der Waals surface area contributed by atoms with Crippen molar-refractivity contribution in [2.45, 2.75) is 6.92 Å². The first kappa shape index (κ1) is 25.0. The van der Waals surface area contributed by atoms with Crippen molar-refractivity contribution in [1.82, 2.24) is 0 Å². The minimum Gasteiger partial charge on any atom is -0.465 e. The van der Waals surface area contributed by atoms with Crippen LogP contribution in [0.15, 0.2) is 77.5 Å². The summed E-state index contributed by atoms with van der Waals surface area (Å²) in [4.78, 5) is 51.0. The number of imide groups is 1. The maximum Gasteiger partial charge on any atom is 0.337 e. The van der Waals surface area contributed by atoms with Gasteiger partial charge in [-0.3, -0.25) is 14.4 Å². The Morgan fingerprint density at radius 3 is 2.25 bits per heavy atom. The molecule has 1 aliphatic heterocycles. The fourth-order valence-corrected chi connectivity index (χ4v) is 3.85. The number of rotatable bonds is 6. The number of hydrogen-bond donors (Lipinski definition) is 2. The second-order valence-electron chi connectivity index (χ2n) is 7.80. The minimum absolute atomic E-state index is 0.116. The second-order valence-corrected chi connectivity index (χ2v) is 8.58. The molecule has 10 heteroatoms. The molecule has 0 fully saturated rings. The molecule has 0 atom stereocenters. The third-order valence-corrected chi connectivity index (χ3v) is 6.16. The molecule has 2 N–H and O–H groups in total. The number of aryl methyl sites for hydroxylation is 1. The Morgan fingerprint density at radius 1 is 0.861 bits per heavy atom. The number of ether oxygens (including phenoxy) is 1. The van der Waals surface area contributed by atoms with Crippen LogP contribution in [0.4, 0.5) is 17.1 Å². The number of nitrogens with one attached hydrogen (secondary N) is 2. The third-order valence-electron chi connectivity index (χ3n) is 5.40. The van der Waals surface area contributed by atoms with Crippen LogP contribution in [-0.4, -0.2) is 30.8 Å². The Labute approximate surface area is 216 Å². The summed E-state index contributed by atoms with van der Waals surface area (Å²) in [6.07, 6.45) is 0. The summed E-state index contributed by atoms with van der Waals surface area (Å²) in [6.45, 7) is 1.80.